The first-order chi connectivity index (χ1) is 7.68. The Morgan fingerprint density at radius 2 is 2.44 bits per heavy atom. The van der Waals surface area contributed by atoms with Gasteiger partial charge in [0.15, 0.2) is 0 Å². The van der Waals surface area contributed by atoms with Crippen LogP contribution in [-0.2, 0) is 14.3 Å². The molecule has 1 saturated heterocycles. The van der Waals surface area contributed by atoms with E-state index < -0.39 is 0 Å². The summed E-state index contributed by atoms with van der Waals surface area (Å²) in [6.07, 6.45) is 5.18. The summed E-state index contributed by atoms with van der Waals surface area (Å²) in [4.78, 5) is 11.3. The minimum absolute atomic E-state index is 0.190. The molecule has 4 heteroatoms. The molecular formula is C12H21NO3. The Labute approximate surface area is 96.7 Å². The molecule has 4 nitrogen and oxygen atoms in total. The van der Waals surface area contributed by atoms with Crippen molar-refractivity contribution in [2.75, 3.05) is 20.3 Å². The first-order valence-corrected chi connectivity index (χ1v) is 6.11. The molecule has 0 radical (unpaired) electrons. The van der Waals surface area contributed by atoms with Crippen LogP contribution in [-0.4, -0.2) is 38.4 Å². The molecule has 1 aliphatic heterocycles. The number of carbonyl (C=O) groups excluding carboxylic acids is 1. The number of rotatable bonds is 4. The summed E-state index contributed by atoms with van der Waals surface area (Å²) >= 11 is 0. The fourth-order valence-corrected chi connectivity index (χ4v) is 2.96. The summed E-state index contributed by atoms with van der Waals surface area (Å²) in [5.41, 5.74) is 0.280. The zero-order valence-electron chi connectivity index (χ0n) is 10.1. The Balaban J connectivity index is 1.87. The van der Waals surface area contributed by atoms with E-state index in [0.29, 0.717) is 6.10 Å². The Bertz CT molecular complexity index is 257. The lowest BCUT2D eigenvalue weighted by molar-refractivity contribution is -0.142. The van der Waals surface area contributed by atoms with Gasteiger partial charge < -0.3 is 14.8 Å². The number of nitrogens with one attached hydrogen (secondary N) is 1. The Hall–Kier alpha value is -0.610. The van der Waals surface area contributed by atoms with Crippen molar-refractivity contribution < 1.29 is 14.3 Å². The predicted octanol–water partition coefficient (Wildman–Crippen LogP) is 1.10. The second kappa shape index (κ2) is 4.72. The van der Waals surface area contributed by atoms with Crippen molar-refractivity contribution in [1.29, 1.82) is 0 Å². The third-order valence-electron chi connectivity index (χ3n) is 4.06. The van der Waals surface area contributed by atoms with E-state index >= 15 is 0 Å². The first kappa shape index (κ1) is 11.9. The SMILES string of the molecule is COC(=O)C(C)NC[C@]12CCC[C@H]1OCC2. The van der Waals surface area contributed by atoms with Crippen LogP contribution >= 0.6 is 0 Å². The van der Waals surface area contributed by atoms with E-state index in [-0.39, 0.29) is 17.4 Å². The molecule has 2 fully saturated rings. The number of fused-ring (bicyclic) bond motifs is 1. The lowest BCUT2D eigenvalue weighted by Gasteiger charge is -2.29. The van der Waals surface area contributed by atoms with Crippen LogP contribution in [0.15, 0.2) is 0 Å². The highest BCUT2D eigenvalue weighted by atomic mass is 16.5. The number of hydrogen-bond acceptors (Lipinski definition) is 4. The van der Waals surface area contributed by atoms with E-state index in [4.69, 9.17) is 9.47 Å². The van der Waals surface area contributed by atoms with E-state index in [1.807, 2.05) is 6.92 Å². The van der Waals surface area contributed by atoms with Crippen LogP contribution in [0.3, 0.4) is 0 Å². The normalized spacial score (nSPS) is 34.8. The summed E-state index contributed by atoms with van der Waals surface area (Å²) in [6, 6.07) is -0.221. The molecule has 1 unspecified atom stereocenters. The maximum Gasteiger partial charge on any atom is 0.322 e. The highest BCUT2D eigenvalue weighted by Crippen LogP contribution is 2.46. The Morgan fingerprint density at radius 1 is 1.62 bits per heavy atom. The van der Waals surface area contributed by atoms with E-state index in [0.717, 1.165) is 19.6 Å². The minimum Gasteiger partial charge on any atom is -0.468 e. The van der Waals surface area contributed by atoms with Crippen LogP contribution in [0, 0.1) is 5.41 Å². The van der Waals surface area contributed by atoms with Crippen LogP contribution < -0.4 is 5.32 Å². The third kappa shape index (κ3) is 2.09. The second-order valence-corrected chi connectivity index (χ2v) is 4.99. The van der Waals surface area contributed by atoms with Gasteiger partial charge in [-0.05, 0) is 26.2 Å². The number of hydrogen-bond donors (Lipinski definition) is 1. The third-order valence-corrected chi connectivity index (χ3v) is 4.06. The van der Waals surface area contributed by atoms with Gasteiger partial charge >= 0.3 is 5.97 Å². The average Bonchev–Trinajstić information content (AvgIpc) is 2.83. The lowest BCUT2D eigenvalue weighted by Crippen LogP contribution is -2.44. The summed E-state index contributed by atoms with van der Waals surface area (Å²) in [5, 5.41) is 3.28. The maximum atomic E-state index is 11.3. The van der Waals surface area contributed by atoms with Crippen molar-refractivity contribution in [3.05, 3.63) is 0 Å². The summed E-state index contributed by atoms with van der Waals surface area (Å²) in [6.45, 7) is 3.59. The van der Waals surface area contributed by atoms with Gasteiger partial charge in [0.25, 0.3) is 0 Å². The number of methoxy groups -OCH3 is 1. The molecule has 0 amide bonds. The molecule has 0 aromatic heterocycles. The van der Waals surface area contributed by atoms with Crippen LogP contribution in [0.5, 0.6) is 0 Å². The molecule has 0 bridgehead atoms. The van der Waals surface area contributed by atoms with Gasteiger partial charge in [-0.2, -0.15) is 0 Å². The van der Waals surface area contributed by atoms with Gasteiger partial charge in [-0.1, -0.05) is 6.42 Å². The van der Waals surface area contributed by atoms with Crippen LogP contribution in [0.1, 0.15) is 32.6 Å². The maximum absolute atomic E-state index is 11.3. The van der Waals surface area contributed by atoms with E-state index in [2.05, 4.69) is 5.32 Å². The van der Waals surface area contributed by atoms with Gasteiger partial charge in [0.1, 0.15) is 6.04 Å². The highest BCUT2D eigenvalue weighted by Gasteiger charge is 2.47. The van der Waals surface area contributed by atoms with E-state index in [1.165, 1.54) is 26.4 Å². The zero-order chi connectivity index (χ0) is 11.6. The summed E-state index contributed by atoms with van der Waals surface area (Å²) in [7, 11) is 1.43. The van der Waals surface area contributed by atoms with Gasteiger partial charge in [0.2, 0.25) is 0 Å². The molecule has 1 heterocycles. The fraction of sp³-hybridized carbons (Fsp3) is 0.917. The largest absolute Gasteiger partial charge is 0.468 e. The van der Waals surface area contributed by atoms with E-state index in [1.54, 1.807) is 0 Å². The summed E-state index contributed by atoms with van der Waals surface area (Å²) < 4.78 is 10.4. The second-order valence-electron chi connectivity index (χ2n) is 4.99. The topological polar surface area (TPSA) is 47.6 Å². The molecule has 1 saturated carbocycles. The predicted molar refractivity (Wildman–Crippen MR) is 60.1 cm³/mol. The van der Waals surface area contributed by atoms with Gasteiger partial charge in [-0.3, -0.25) is 4.79 Å². The van der Waals surface area contributed by atoms with Gasteiger partial charge in [-0.25, -0.2) is 0 Å². The number of esters is 1. The van der Waals surface area contributed by atoms with Crippen LogP contribution in [0.4, 0.5) is 0 Å². The van der Waals surface area contributed by atoms with Gasteiger partial charge in [0.05, 0.1) is 13.2 Å². The molecule has 1 aliphatic carbocycles. The molecule has 92 valence electrons. The quantitative estimate of drug-likeness (QED) is 0.731. The van der Waals surface area contributed by atoms with Crippen molar-refractivity contribution in [1.82, 2.24) is 5.32 Å². The monoisotopic (exact) mass is 227 g/mol. The summed E-state index contributed by atoms with van der Waals surface area (Å²) in [5.74, 6) is -0.190. The number of carbonyl (C=O) groups is 1. The molecule has 3 atom stereocenters. The minimum atomic E-state index is -0.221. The van der Waals surface area contributed by atoms with Crippen molar-refractivity contribution in [3.63, 3.8) is 0 Å². The molecule has 0 aromatic rings. The van der Waals surface area contributed by atoms with Crippen LogP contribution in [0.25, 0.3) is 0 Å². The van der Waals surface area contributed by atoms with Crippen molar-refractivity contribution in [2.24, 2.45) is 5.41 Å². The standard InChI is InChI=1S/C12H21NO3/c1-9(11(14)15-2)13-8-12-5-3-4-10(12)16-7-6-12/h9-10,13H,3-8H2,1-2H3/t9?,10-,12-/m1/s1. The average molecular weight is 227 g/mol. The fourth-order valence-electron chi connectivity index (χ4n) is 2.96. The molecule has 2 aliphatic rings. The molecule has 16 heavy (non-hydrogen) atoms. The van der Waals surface area contributed by atoms with Crippen molar-refractivity contribution in [3.8, 4) is 0 Å². The molecule has 2 rings (SSSR count). The Kier molecular flexibility index (Phi) is 3.50. The smallest absolute Gasteiger partial charge is 0.322 e. The molecule has 0 aromatic carbocycles. The molecular weight excluding hydrogens is 206 g/mol. The molecule has 1 N–H and O–H groups in total. The van der Waals surface area contributed by atoms with Gasteiger partial charge in [0, 0.05) is 18.6 Å². The highest BCUT2D eigenvalue weighted by molar-refractivity contribution is 5.75. The van der Waals surface area contributed by atoms with E-state index in [9.17, 15) is 4.79 Å². The Morgan fingerprint density at radius 3 is 3.19 bits per heavy atom. The van der Waals surface area contributed by atoms with Gasteiger partial charge in [-0.15, -0.1) is 0 Å². The zero-order valence-corrected chi connectivity index (χ0v) is 10.1. The first-order valence-electron chi connectivity index (χ1n) is 6.11. The van der Waals surface area contributed by atoms with Crippen molar-refractivity contribution in [2.45, 2.75) is 44.8 Å². The van der Waals surface area contributed by atoms with Crippen molar-refractivity contribution >= 4 is 5.97 Å². The lowest BCUT2D eigenvalue weighted by atomic mass is 9.82. The molecule has 0 spiro atoms. The van der Waals surface area contributed by atoms with Crippen LogP contribution in [0.2, 0.25) is 0 Å². The number of ether oxygens (including phenoxy) is 2.